The van der Waals surface area contributed by atoms with E-state index in [1.807, 2.05) is 6.07 Å². The minimum absolute atomic E-state index is 0.322. The van der Waals surface area contributed by atoms with Crippen molar-refractivity contribution in [1.29, 1.82) is 0 Å². The van der Waals surface area contributed by atoms with E-state index in [9.17, 15) is 0 Å². The first kappa shape index (κ1) is 23.5. The number of hydrogen-bond donors (Lipinski definition) is 2. The number of phenolic OH excluding ortho intramolecular Hbond substituents is 1. The Morgan fingerprint density at radius 2 is 1.24 bits per heavy atom. The van der Waals surface area contributed by atoms with Crippen LogP contribution in [0.15, 0.2) is 47.1 Å². The summed E-state index contributed by atoms with van der Waals surface area (Å²) in [6.45, 7) is 1.05. The van der Waals surface area contributed by atoms with Crippen molar-refractivity contribution in [3.8, 4) is 5.75 Å². The Labute approximate surface area is 178 Å². The van der Waals surface area contributed by atoms with Gasteiger partial charge in [-0.25, -0.2) is 0 Å². The van der Waals surface area contributed by atoms with Crippen LogP contribution < -0.4 is 5.43 Å². The molecule has 0 spiro atoms. The van der Waals surface area contributed by atoms with E-state index >= 15 is 0 Å². The third-order valence-corrected chi connectivity index (χ3v) is 5.83. The highest BCUT2D eigenvalue weighted by Crippen LogP contribution is 2.20. The number of benzene rings is 1. The molecule has 0 bridgehead atoms. The normalized spacial score (nSPS) is 20.3. The molecule has 0 radical (unpaired) electrons. The SMILES string of the molecule is C1=C(C2=NNCCCCCCCC2)CCCCCCCCC1.Oc1ccccc1. The summed E-state index contributed by atoms with van der Waals surface area (Å²) in [5.74, 6) is 0.322. The largest absolute Gasteiger partial charge is 0.508 e. The molecule has 3 heteroatoms. The monoisotopic (exact) mass is 398 g/mol. The summed E-state index contributed by atoms with van der Waals surface area (Å²) >= 11 is 0. The first-order chi connectivity index (χ1) is 14.4. The molecule has 3 nitrogen and oxygen atoms in total. The third-order valence-electron chi connectivity index (χ3n) is 5.83. The second-order valence-corrected chi connectivity index (χ2v) is 8.42. The molecule has 1 aliphatic carbocycles. The second-order valence-electron chi connectivity index (χ2n) is 8.42. The number of hydrogen-bond acceptors (Lipinski definition) is 3. The van der Waals surface area contributed by atoms with Gasteiger partial charge in [0, 0.05) is 6.54 Å². The van der Waals surface area contributed by atoms with Gasteiger partial charge in [0.05, 0.1) is 5.71 Å². The molecule has 0 saturated heterocycles. The Hall–Kier alpha value is -1.77. The number of phenols is 1. The molecular formula is C26H42N2O. The van der Waals surface area contributed by atoms with Crippen molar-refractivity contribution in [3.05, 3.63) is 42.0 Å². The molecule has 3 rings (SSSR count). The lowest BCUT2D eigenvalue weighted by Crippen LogP contribution is -2.14. The van der Waals surface area contributed by atoms with E-state index in [0.29, 0.717) is 5.75 Å². The molecule has 0 unspecified atom stereocenters. The summed E-state index contributed by atoms with van der Waals surface area (Å²) in [7, 11) is 0. The molecule has 1 aromatic carbocycles. The van der Waals surface area contributed by atoms with Gasteiger partial charge in [-0.2, -0.15) is 5.10 Å². The standard InChI is InChI=1S/C20H36N2.C6H6O/c1-2-4-8-12-16-19(15-11-7-3-1)20-17-13-9-5-6-10-14-18-21-22-20;7-6-4-2-1-3-5-6/h15,21H,1-14,16-18H2;1-5,7H. The van der Waals surface area contributed by atoms with Gasteiger partial charge in [-0.1, -0.05) is 82.1 Å². The van der Waals surface area contributed by atoms with Crippen LogP contribution in [-0.2, 0) is 0 Å². The van der Waals surface area contributed by atoms with Crippen LogP contribution in [0.1, 0.15) is 103 Å². The summed E-state index contributed by atoms with van der Waals surface area (Å²) in [5, 5.41) is 13.4. The van der Waals surface area contributed by atoms with Gasteiger partial charge in [-0.15, -0.1) is 0 Å². The lowest BCUT2D eigenvalue weighted by atomic mass is 9.97. The molecule has 0 saturated carbocycles. The molecule has 29 heavy (non-hydrogen) atoms. The Kier molecular flexibility index (Phi) is 13.0. The molecule has 0 aromatic heterocycles. The first-order valence-electron chi connectivity index (χ1n) is 12.1. The summed E-state index contributed by atoms with van der Waals surface area (Å²) in [6.07, 6.45) is 24.2. The van der Waals surface area contributed by atoms with Crippen LogP contribution in [0.2, 0.25) is 0 Å². The van der Waals surface area contributed by atoms with E-state index in [0.717, 1.165) is 6.54 Å². The average molecular weight is 399 g/mol. The fourth-order valence-corrected chi connectivity index (χ4v) is 4.06. The number of aromatic hydroxyl groups is 1. The lowest BCUT2D eigenvalue weighted by molar-refractivity contribution is 0.475. The number of hydrazone groups is 1. The predicted octanol–water partition coefficient (Wildman–Crippen LogP) is 7.52. The van der Waals surface area contributed by atoms with Crippen molar-refractivity contribution in [2.45, 2.75) is 103 Å². The zero-order chi connectivity index (χ0) is 20.4. The van der Waals surface area contributed by atoms with Gasteiger partial charge in [0.15, 0.2) is 0 Å². The van der Waals surface area contributed by atoms with Crippen molar-refractivity contribution < 1.29 is 5.11 Å². The number of allylic oxidation sites excluding steroid dienone is 2. The van der Waals surface area contributed by atoms with Gasteiger partial charge in [0.2, 0.25) is 0 Å². The van der Waals surface area contributed by atoms with E-state index in [-0.39, 0.29) is 0 Å². The Bertz CT molecular complexity index is 546. The van der Waals surface area contributed by atoms with Crippen LogP contribution in [0.25, 0.3) is 0 Å². The van der Waals surface area contributed by atoms with Gasteiger partial charge >= 0.3 is 0 Å². The van der Waals surface area contributed by atoms with Crippen molar-refractivity contribution >= 4 is 5.71 Å². The molecule has 0 fully saturated rings. The van der Waals surface area contributed by atoms with E-state index < -0.39 is 0 Å². The van der Waals surface area contributed by atoms with Crippen molar-refractivity contribution in [2.75, 3.05) is 6.54 Å². The highest BCUT2D eigenvalue weighted by atomic mass is 16.3. The molecule has 1 aromatic rings. The maximum absolute atomic E-state index is 8.63. The molecule has 2 aliphatic rings. The van der Waals surface area contributed by atoms with Crippen molar-refractivity contribution in [3.63, 3.8) is 0 Å². The van der Waals surface area contributed by atoms with Crippen LogP contribution in [0, 0.1) is 0 Å². The highest BCUT2D eigenvalue weighted by Gasteiger charge is 2.09. The Morgan fingerprint density at radius 1 is 0.655 bits per heavy atom. The van der Waals surface area contributed by atoms with Crippen LogP contribution in [0.3, 0.4) is 0 Å². The fraction of sp³-hybridized carbons (Fsp3) is 0.654. The molecule has 0 amide bonds. The third kappa shape index (κ3) is 11.7. The fourth-order valence-electron chi connectivity index (χ4n) is 4.06. The zero-order valence-electron chi connectivity index (χ0n) is 18.4. The van der Waals surface area contributed by atoms with Crippen LogP contribution in [-0.4, -0.2) is 17.4 Å². The van der Waals surface area contributed by atoms with Crippen molar-refractivity contribution in [1.82, 2.24) is 5.43 Å². The zero-order valence-corrected chi connectivity index (χ0v) is 18.4. The Balaban J connectivity index is 0.000000360. The molecule has 0 atom stereocenters. The highest BCUT2D eigenvalue weighted by molar-refractivity contribution is 5.99. The van der Waals surface area contributed by atoms with Gasteiger partial charge in [0.1, 0.15) is 5.75 Å². The summed E-state index contributed by atoms with van der Waals surface area (Å²) < 4.78 is 0. The van der Waals surface area contributed by atoms with E-state index in [4.69, 9.17) is 10.2 Å². The maximum atomic E-state index is 8.63. The summed E-state index contributed by atoms with van der Waals surface area (Å²) in [6, 6.07) is 8.71. The lowest BCUT2D eigenvalue weighted by Gasteiger charge is -2.12. The topological polar surface area (TPSA) is 44.6 Å². The van der Waals surface area contributed by atoms with E-state index in [2.05, 4.69) is 11.5 Å². The van der Waals surface area contributed by atoms with Gasteiger partial charge in [-0.05, 0) is 62.7 Å². The number of nitrogens with one attached hydrogen (secondary N) is 1. The molecule has 1 heterocycles. The Morgan fingerprint density at radius 3 is 1.90 bits per heavy atom. The molecular weight excluding hydrogens is 356 g/mol. The van der Waals surface area contributed by atoms with Gasteiger partial charge in [0.25, 0.3) is 0 Å². The summed E-state index contributed by atoms with van der Waals surface area (Å²) in [5.41, 5.74) is 6.29. The van der Waals surface area contributed by atoms with E-state index in [1.54, 1.807) is 29.8 Å². The second kappa shape index (κ2) is 16.1. The summed E-state index contributed by atoms with van der Waals surface area (Å²) in [4.78, 5) is 0. The van der Waals surface area contributed by atoms with Crippen LogP contribution in [0.5, 0.6) is 5.75 Å². The van der Waals surface area contributed by atoms with Gasteiger partial charge < -0.3 is 10.5 Å². The smallest absolute Gasteiger partial charge is 0.115 e. The number of nitrogens with zero attached hydrogens (tertiary/aromatic N) is 1. The minimum atomic E-state index is 0.322. The quantitative estimate of drug-likeness (QED) is 0.514. The minimum Gasteiger partial charge on any atom is -0.508 e. The van der Waals surface area contributed by atoms with Crippen LogP contribution in [0.4, 0.5) is 0 Å². The first-order valence-corrected chi connectivity index (χ1v) is 12.1. The predicted molar refractivity (Wildman–Crippen MR) is 125 cm³/mol. The van der Waals surface area contributed by atoms with E-state index in [1.165, 1.54) is 108 Å². The molecule has 1 aliphatic heterocycles. The number of para-hydroxylation sites is 1. The maximum Gasteiger partial charge on any atom is 0.115 e. The average Bonchev–Trinajstić information content (AvgIpc) is 2.84. The number of rotatable bonds is 1. The van der Waals surface area contributed by atoms with Crippen molar-refractivity contribution in [2.24, 2.45) is 5.10 Å². The van der Waals surface area contributed by atoms with Crippen LogP contribution >= 0.6 is 0 Å². The molecule has 2 N–H and O–H groups in total. The van der Waals surface area contributed by atoms with Gasteiger partial charge in [-0.3, -0.25) is 0 Å². The molecule has 162 valence electrons.